The molecule has 7 heteroatoms. The molecule has 78 valence electrons. The molecule has 1 heterocycles. The largest absolute Gasteiger partial charge is 0.480 e. The molecule has 1 aromatic rings. The first-order valence-electron chi connectivity index (χ1n) is 3.93. The molecule has 0 aromatic carbocycles. The van der Waals surface area contributed by atoms with E-state index in [0.29, 0.717) is 12.2 Å². The Kier molecular flexibility index (Phi) is 3.85. The Morgan fingerprint density at radius 1 is 1.86 bits per heavy atom. The number of hydrogen-bond acceptors (Lipinski definition) is 6. The van der Waals surface area contributed by atoms with Gasteiger partial charge in [-0.1, -0.05) is 23.1 Å². The molecule has 0 aliphatic heterocycles. The van der Waals surface area contributed by atoms with E-state index >= 15 is 0 Å². The van der Waals surface area contributed by atoms with E-state index in [1.165, 1.54) is 30.0 Å². The molecular formula is C7H11N3O2S2. The van der Waals surface area contributed by atoms with E-state index in [2.05, 4.69) is 10.2 Å². The zero-order chi connectivity index (χ0) is 10.6. The van der Waals surface area contributed by atoms with Gasteiger partial charge in [0.2, 0.25) is 0 Å². The van der Waals surface area contributed by atoms with Gasteiger partial charge in [-0.05, 0) is 13.3 Å². The summed E-state index contributed by atoms with van der Waals surface area (Å²) in [7, 11) is 0. The second kappa shape index (κ2) is 4.72. The van der Waals surface area contributed by atoms with Crippen molar-refractivity contribution in [1.29, 1.82) is 0 Å². The first kappa shape index (κ1) is 11.4. The maximum atomic E-state index is 10.7. The Balaban J connectivity index is 2.31. The van der Waals surface area contributed by atoms with Gasteiger partial charge in [-0.3, -0.25) is 4.79 Å². The van der Waals surface area contributed by atoms with Crippen LogP contribution in [-0.2, 0) is 4.79 Å². The fourth-order valence-electron chi connectivity index (χ4n) is 0.683. The first-order chi connectivity index (χ1) is 6.52. The van der Waals surface area contributed by atoms with Crippen LogP contribution in [0.2, 0.25) is 0 Å². The molecule has 14 heavy (non-hydrogen) atoms. The lowest BCUT2D eigenvalue weighted by atomic mass is 10.0. The van der Waals surface area contributed by atoms with Gasteiger partial charge in [-0.2, -0.15) is 0 Å². The topological polar surface area (TPSA) is 89.1 Å². The Hall–Kier alpha value is -0.660. The molecule has 0 saturated heterocycles. The highest BCUT2D eigenvalue weighted by Gasteiger charge is 2.27. The van der Waals surface area contributed by atoms with Crippen LogP contribution < -0.4 is 5.73 Å². The molecule has 0 aliphatic rings. The molecule has 0 spiro atoms. The van der Waals surface area contributed by atoms with Crippen molar-refractivity contribution >= 4 is 29.1 Å². The summed E-state index contributed by atoms with van der Waals surface area (Å²) in [6.45, 7) is 1.51. The predicted octanol–water partition coefficient (Wildman–Crippen LogP) is 0.822. The minimum absolute atomic E-state index is 0.409. The summed E-state index contributed by atoms with van der Waals surface area (Å²) in [4.78, 5) is 10.7. The normalized spacial score (nSPS) is 15.0. The van der Waals surface area contributed by atoms with Gasteiger partial charge in [0.1, 0.15) is 11.0 Å². The van der Waals surface area contributed by atoms with Gasteiger partial charge < -0.3 is 10.8 Å². The number of rotatable bonds is 5. The van der Waals surface area contributed by atoms with E-state index in [9.17, 15) is 4.79 Å². The third-order valence-electron chi connectivity index (χ3n) is 1.68. The van der Waals surface area contributed by atoms with Crippen molar-refractivity contribution in [2.24, 2.45) is 5.73 Å². The summed E-state index contributed by atoms with van der Waals surface area (Å²) < 4.78 is 0.839. The molecule has 0 saturated carbocycles. The Bertz CT molecular complexity index is 300. The molecule has 1 rings (SSSR count). The predicted molar refractivity (Wildman–Crippen MR) is 55.5 cm³/mol. The van der Waals surface area contributed by atoms with Gasteiger partial charge in [0.25, 0.3) is 0 Å². The molecule has 0 amide bonds. The highest BCUT2D eigenvalue weighted by Crippen LogP contribution is 2.21. The van der Waals surface area contributed by atoms with Crippen LogP contribution in [0.5, 0.6) is 0 Å². The van der Waals surface area contributed by atoms with Crippen molar-refractivity contribution in [2.45, 2.75) is 23.2 Å². The molecule has 1 unspecified atom stereocenters. The number of carbonyl (C=O) groups is 1. The minimum Gasteiger partial charge on any atom is -0.480 e. The maximum Gasteiger partial charge on any atom is 0.323 e. The SMILES string of the molecule is CC(N)(CCSc1nncs1)C(=O)O. The Labute approximate surface area is 89.7 Å². The zero-order valence-corrected chi connectivity index (χ0v) is 9.27. The molecule has 1 aromatic heterocycles. The van der Waals surface area contributed by atoms with Crippen molar-refractivity contribution in [3.63, 3.8) is 0 Å². The lowest BCUT2D eigenvalue weighted by molar-refractivity contribution is -0.142. The fourth-order valence-corrected chi connectivity index (χ4v) is 2.42. The summed E-state index contributed by atoms with van der Waals surface area (Å²) in [6, 6.07) is 0. The van der Waals surface area contributed by atoms with Crippen molar-refractivity contribution in [1.82, 2.24) is 10.2 Å². The van der Waals surface area contributed by atoms with Crippen molar-refractivity contribution in [2.75, 3.05) is 5.75 Å². The van der Waals surface area contributed by atoms with Crippen molar-refractivity contribution < 1.29 is 9.90 Å². The number of aliphatic carboxylic acids is 1. The average Bonchev–Trinajstić information content (AvgIpc) is 2.56. The standard InChI is InChI=1S/C7H11N3O2S2/c1-7(8,5(11)12)2-3-13-6-10-9-4-14-6/h4H,2-3,8H2,1H3,(H,11,12). The summed E-state index contributed by atoms with van der Waals surface area (Å²) in [6.07, 6.45) is 0.409. The third-order valence-corrected chi connectivity index (χ3v) is 3.54. The van der Waals surface area contributed by atoms with Crippen LogP contribution in [0.15, 0.2) is 9.85 Å². The van der Waals surface area contributed by atoms with Gasteiger partial charge in [-0.15, -0.1) is 10.2 Å². The summed E-state index contributed by atoms with van der Waals surface area (Å²) in [5.41, 5.74) is 6.04. The number of aromatic nitrogens is 2. The van der Waals surface area contributed by atoms with E-state index in [-0.39, 0.29) is 0 Å². The van der Waals surface area contributed by atoms with E-state index in [1.807, 2.05) is 0 Å². The van der Waals surface area contributed by atoms with Crippen LogP contribution in [0.3, 0.4) is 0 Å². The average molecular weight is 233 g/mol. The lowest BCUT2D eigenvalue weighted by Crippen LogP contribution is -2.45. The summed E-state index contributed by atoms with van der Waals surface area (Å²) in [5.74, 6) is -0.343. The van der Waals surface area contributed by atoms with Crippen LogP contribution in [-0.4, -0.2) is 32.6 Å². The monoisotopic (exact) mass is 233 g/mol. The molecule has 0 bridgehead atoms. The maximum absolute atomic E-state index is 10.7. The van der Waals surface area contributed by atoms with Crippen LogP contribution >= 0.6 is 23.1 Å². The smallest absolute Gasteiger partial charge is 0.323 e. The van der Waals surface area contributed by atoms with E-state index in [1.54, 1.807) is 5.51 Å². The number of nitrogens with two attached hydrogens (primary N) is 1. The fraction of sp³-hybridized carbons (Fsp3) is 0.571. The number of carboxylic acid groups (broad SMARTS) is 1. The second-order valence-corrected chi connectivity index (χ2v) is 5.20. The molecule has 0 fully saturated rings. The first-order valence-corrected chi connectivity index (χ1v) is 5.80. The van der Waals surface area contributed by atoms with Gasteiger partial charge in [0, 0.05) is 5.75 Å². The molecule has 3 N–H and O–H groups in total. The highest BCUT2D eigenvalue weighted by molar-refractivity contribution is 8.00. The van der Waals surface area contributed by atoms with Crippen LogP contribution in [0.1, 0.15) is 13.3 Å². The van der Waals surface area contributed by atoms with Crippen molar-refractivity contribution in [3.8, 4) is 0 Å². The molecule has 5 nitrogen and oxygen atoms in total. The number of hydrogen-bond donors (Lipinski definition) is 2. The van der Waals surface area contributed by atoms with E-state index in [0.717, 1.165) is 4.34 Å². The van der Waals surface area contributed by atoms with E-state index in [4.69, 9.17) is 10.8 Å². The molecule has 0 radical (unpaired) electrons. The molecule has 1 atom stereocenters. The highest BCUT2D eigenvalue weighted by atomic mass is 32.2. The Morgan fingerprint density at radius 2 is 2.57 bits per heavy atom. The number of thioether (sulfide) groups is 1. The van der Waals surface area contributed by atoms with Gasteiger partial charge in [0.15, 0.2) is 4.34 Å². The van der Waals surface area contributed by atoms with Gasteiger partial charge in [-0.25, -0.2) is 0 Å². The van der Waals surface area contributed by atoms with Gasteiger partial charge in [0.05, 0.1) is 0 Å². The van der Waals surface area contributed by atoms with Gasteiger partial charge >= 0.3 is 5.97 Å². The molecular weight excluding hydrogens is 222 g/mol. The van der Waals surface area contributed by atoms with Crippen molar-refractivity contribution in [3.05, 3.63) is 5.51 Å². The van der Waals surface area contributed by atoms with Crippen LogP contribution in [0, 0.1) is 0 Å². The van der Waals surface area contributed by atoms with Crippen LogP contribution in [0.4, 0.5) is 0 Å². The number of nitrogens with zero attached hydrogens (tertiary/aromatic N) is 2. The second-order valence-electron chi connectivity index (χ2n) is 3.03. The third kappa shape index (κ3) is 3.24. The summed E-state index contributed by atoms with van der Waals surface area (Å²) >= 11 is 2.91. The number of carboxylic acids is 1. The zero-order valence-electron chi connectivity index (χ0n) is 7.64. The Morgan fingerprint density at radius 3 is 3.07 bits per heavy atom. The lowest BCUT2D eigenvalue weighted by Gasteiger charge is -2.17. The molecule has 0 aliphatic carbocycles. The quantitative estimate of drug-likeness (QED) is 0.732. The van der Waals surface area contributed by atoms with E-state index < -0.39 is 11.5 Å². The van der Waals surface area contributed by atoms with Crippen LogP contribution in [0.25, 0.3) is 0 Å². The minimum atomic E-state index is -1.16. The summed E-state index contributed by atoms with van der Waals surface area (Å²) in [5, 5.41) is 16.2.